The molecule has 2 rings (SSSR count). The molecule has 2 heterocycles. The van der Waals surface area contributed by atoms with E-state index < -0.39 is 0 Å². The quantitative estimate of drug-likeness (QED) is 0.710. The van der Waals surface area contributed by atoms with Crippen LogP contribution >= 0.6 is 11.6 Å². The minimum atomic E-state index is -0.163. The number of aliphatic hydroxyl groups is 1. The van der Waals surface area contributed by atoms with E-state index in [1.54, 1.807) is 6.20 Å². The third-order valence-electron chi connectivity index (χ3n) is 2.40. The molecule has 0 radical (unpaired) electrons. The highest BCUT2D eigenvalue weighted by Crippen LogP contribution is 2.18. The predicted octanol–water partition coefficient (Wildman–Crippen LogP) is 1.09. The van der Waals surface area contributed by atoms with Crippen molar-refractivity contribution in [1.29, 1.82) is 0 Å². The molecule has 14 heavy (non-hydrogen) atoms. The van der Waals surface area contributed by atoms with Crippen molar-refractivity contribution in [2.45, 2.75) is 18.9 Å². The lowest BCUT2D eigenvalue weighted by molar-refractivity contribution is 0.145. The molecule has 0 aromatic carbocycles. The Hall–Kier alpha value is -0.870. The van der Waals surface area contributed by atoms with Crippen LogP contribution in [0.3, 0.4) is 0 Å². The maximum Gasteiger partial charge on any atom is 0.224 e. The number of halogens is 1. The second kappa shape index (κ2) is 4.11. The summed E-state index contributed by atoms with van der Waals surface area (Å²) >= 11 is 5.69. The van der Waals surface area contributed by atoms with Gasteiger partial charge in [0.25, 0.3) is 0 Å². The molecule has 1 aromatic rings. The average Bonchev–Trinajstić information content (AvgIpc) is 2.19. The first-order valence-electron chi connectivity index (χ1n) is 4.67. The van der Waals surface area contributed by atoms with Crippen LogP contribution in [0.2, 0.25) is 5.28 Å². The van der Waals surface area contributed by atoms with Crippen molar-refractivity contribution in [1.82, 2.24) is 9.97 Å². The molecule has 0 saturated carbocycles. The Balaban J connectivity index is 2.08. The van der Waals surface area contributed by atoms with Crippen LogP contribution in [0.5, 0.6) is 0 Å². The van der Waals surface area contributed by atoms with Gasteiger partial charge in [0.15, 0.2) is 0 Å². The topological polar surface area (TPSA) is 49.2 Å². The predicted molar refractivity (Wildman–Crippen MR) is 54.5 cm³/mol. The molecule has 76 valence electrons. The van der Waals surface area contributed by atoms with Gasteiger partial charge in [-0.05, 0) is 30.5 Å². The molecule has 1 fully saturated rings. The molecule has 1 N–H and O–H groups in total. The van der Waals surface area contributed by atoms with Crippen molar-refractivity contribution < 1.29 is 5.11 Å². The molecule has 1 saturated heterocycles. The van der Waals surface area contributed by atoms with Gasteiger partial charge in [-0.3, -0.25) is 0 Å². The summed E-state index contributed by atoms with van der Waals surface area (Å²) in [6.45, 7) is 1.66. The van der Waals surface area contributed by atoms with E-state index in [4.69, 9.17) is 11.6 Å². The monoisotopic (exact) mass is 213 g/mol. The standard InChI is InChI=1S/C9H12ClN3O/c10-9-11-4-1-8(12-9)13-5-2-7(14)3-6-13/h1,4,7,14H,2-3,5-6H2. The molecule has 4 nitrogen and oxygen atoms in total. The summed E-state index contributed by atoms with van der Waals surface area (Å²) in [4.78, 5) is 10.1. The Morgan fingerprint density at radius 3 is 2.79 bits per heavy atom. The highest BCUT2D eigenvalue weighted by atomic mass is 35.5. The Morgan fingerprint density at radius 1 is 1.43 bits per heavy atom. The highest BCUT2D eigenvalue weighted by molar-refractivity contribution is 6.28. The first-order valence-corrected chi connectivity index (χ1v) is 5.05. The van der Waals surface area contributed by atoms with E-state index in [1.807, 2.05) is 6.07 Å². The van der Waals surface area contributed by atoms with E-state index in [-0.39, 0.29) is 11.4 Å². The molecule has 1 aliphatic heterocycles. The van der Waals surface area contributed by atoms with Crippen molar-refractivity contribution in [2.24, 2.45) is 0 Å². The Kier molecular flexibility index (Phi) is 2.84. The van der Waals surface area contributed by atoms with Gasteiger partial charge in [-0.25, -0.2) is 9.97 Å². The maximum atomic E-state index is 9.34. The van der Waals surface area contributed by atoms with E-state index in [9.17, 15) is 5.11 Å². The number of aliphatic hydroxyl groups excluding tert-OH is 1. The van der Waals surface area contributed by atoms with E-state index in [0.29, 0.717) is 0 Å². The van der Waals surface area contributed by atoms with Crippen LogP contribution in [0.25, 0.3) is 0 Å². The fourth-order valence-electron chi connectivity index (χ4n) is 1.60. The van der Waals surface area contributed by atoms with Crippen LogP contribution in [-0.2, 0) is 0 Å². The van der Waals surface area contributed by atoms with Crippen LogP contribution < -0.4 is 4.90 Å². The SMILES string of the molecule is OC1CCN(c2ccnc(Cl)n2)CC1. The lowest BCUT2D eigenvalue weighted by Gasteiger charge is -2.30. The largest absolute Gasteiger partial charge is 0.393 e. The van der Waals surface area contributed by atoms with Crippen LogP contribution in [0.4, 0.5) is 5.82 Å². The van der Waals surface area contributed by atoms with Crippen LogP contribution in [0, 0.1) is 0 Å². The van der Waals surface area contributed by atoms with E-state index >= 15 is 0 Å². The molecule has 0 amide bonds. The van der Waals surface area contributed by atoms with Crippen molar-refractivity contribution in [3.8, 4) is 0 Å². The van der Waals surface area contributed by atoms with Crippen molar-refractivity contribution >= 4 is 17.4 Å². The van der Waals surface area contributed by atoms with Gasteiger partial charge in [0, 0.05) is 19.3 Å². The second-order valence-corrected chi connectivity index (χ2v) is 3.74. The summed E-state index contributed by atoms with van der Waals surface area (Å²) in [5.41, 5.74) is 0. The number of piperidine rings is 1. The van der Waals surface area contributed by atoms with Gasteiger partial charge in [0.2, 0.25) is 5.28 Å². The zero-order chi connectivity index (χ0) is 9.97. The smallest absolute Gasteiger partial charge is 0.224 e. The number of aromatic nitrogens is 2. The molecule has 0 atom stereocenters. The third-order valence-corrected chi connectivity index (χ3v) is 2.58. The van der Waals surface area contributed by atoms with Crippen LogP contribution in [0.15, 0.2) is 12.3 Å². The first-order chi connectivity index (χ1) is 6.75. The van der Waals surface area contributed by atoms with Crippen molar-refractivity contribution in [2.75, 3.05) is 18.0 Å². The lowest BCUT2D eigenvalue weighted by atomic mass is 10.1. The molecular weight excluding hydrogens is 202 g/mol. The van der Waals surface area contributed by atoms with E-state index in [2.05, 4.69) is 14.9 Å². The number of rotatable bonds is 1. The second-order valence-electron chi connectivity index (χ2n) is 3.40. The highest BCUT2D eigenvalue weighted by Gasteiger charge is 2.17. The molecule has 5 heteroatoms. The minimum absolute atomic E-state index is 0.163. The van der Waals surface area contributed by atoms with Gasteiger partial charge in [0.05, 0.1) is 6.10 Å². The zero-order valence-corrected chi connectivity index (χ0v) is 8.48. The summed E-state index contributed by atoms with van der Waals surface area (Å²) in [5, 5.41) is 9.61. The fraction of sp³-hybridized carbons (Fsp3) is 0.556. The molecule has 0 unspecified atom stereocenters. The van der Waals surface area contributed by atoms with E-state index in [0.717, 1.165) is 31.7 Å². The molecular formula is C9H12ClN3O. The van der Waals surface area contributed by atoms with Crippen molar-refractivity contribution in [3.05, 3.63) is 17.5 Å². The van der Waals surface area contributed by atoms with Gasteiger partial charge in [-0.2, -0.15) is 0 Å². The minimum Gasteiger partial charge on any atom is -0.393 e. The summed E-state index contributed by atoms with van der Waals surface area (Å²) in [6, 6.07) is 1.84. The summed E-state index contributed by atoms with van der Waals surface area (Å²) in [7, 11) is 0. The molecule has 0 spiro atoms. The first kappa shape index (κ1) is 9.68. The normalized spacial score (nSPS) is 18.6. The summed E-state index contributed by atoms with van der Waals surface area (Å²) < 4.78 is 0. The fourth-order valence-corrected chi connectivity index (χ4v) is 1.74. The average molecular weight is 214 g/mol. The Morgan fingerprint density at radius 2 is 2.14 bits per heavy atom. The van der Waals surface area contributed by atoms with Crippen LogP contribution in [0.1, 0.15) is 12.8 Å². The number of nitrogens with zero attached hydrogens (tertiary/aromatic N) is 3. The maximum absolute atomic E-state index is 9.34. The third kappa shape index (κ3) is 2.13. The Labute approximate surface area is 87.5 Å². The number of hydrogen-bond donors (Lipinski definition) is 1. The zero-order valence-electron chi connectivity index (χ0n) is 7.73. The summed E-state index contributed by atoms with van der Waals surface area (Å²) in [5.74, 6) is 0.844. The van der Waals surface area contributed by atoms with Gasteiger partial charge in [-0.1, -0.05) is 0 Å². The molecule has 0 aliphatic carbocycles. The van der Waals surface area contributed by atoms with Gasteiger partial charge >= 0.3 is 0 Å². The lowest BCUT2D eigenvalue weighted by Crippen LogP contribution is -2.36. The van der Waals surface area contributed by atoms with Gasteiger partial charge in [-0.15, -0.1) is 0 Å². The van der Waals surface area contributed by atoms with E-state index in [1.165, 1.54) is 0 Å². The Bertz CT molecular complexity index is 313. The van der Waals surface area contributed by atoms with Crippen molar-refractivity contribution in [3.63, 3.8) is 0 Å². The summed E-state index contributed by atoms with van der Waals surface area (Å²) in [6.07, 6.45) is 3.07. The molecule has 0 bridgehead atoms. The van der Waals surface area contributed by atoms with Crippen LogP contribution in [-0.4, -0.2) is 34.3 Å². The number of hydrogen-bond acceptors (Lipinski definition) is 4. The van der Waals surface area contributed by atoms with Gasteiger partial charge in [0.1, 0.15) is 5.82 Å². The number of anilines is 1. The van der Waals surface area contributed by atoms with Gasteiger partial charge < -0.3 is 10.0 Å². The molecule has 1 aromatic heterocycles. The molecule has 1 aliphatic rings.